The quantitative estimate of drug-likeness (QED) is 0.620. The number of rotatable bonds is 6. The number of carbonyl (C=O) groups excluding carboxylic acids is 2. The lowest BCUT2D eigenvalue weighted by molar-refractivity contribution is -0.119. The third-order valence-corrected chi connectivity index (χ3v) is 3.56. The molecule has 0 aromatic carbocycles. The van der Waals surface area contributed by atoms with Gasteiger partial charge in [-0.15, -0.1) is 11.3 Å². The van der Waals surface area contributed by atoms with Gasteiger partial charge in [0, 0.05) is 26.1 Å². The van der Waals surface area contributed by atoms with Crippen LogP contribution >= 0.6 is 27.3 Å². The highest BCUT2D eigenvalue weighted by Gasteiger charge is 1.97. The summed E-state index contributed by atoms with van der Waals surface area (Å²) >= 11 is 4.94. The van der Waals surface area contributed by atoms with E-state index in [0.29, 0.717) is 13.1 Å². The van der Waals surface area contributed by atoms with E-state index in [9.17, 15) is 9.59 Å². The average Bonchev–Trinajstić information content (AvgIpc) is 2.71. The fraction of sp³-hybridized carbons (Fsp3) is 0.333. The van der Waals surface area contributed by atoms with Crippen molar-refractivity contribution in [1.29, 1.82) is 0 Å². The van der Waals surface area contributed by atoms with Crippen molar-refractivity contribution < 1.29 is 9.59 Å². The second kappa shape index (κ2) is 8.05. The minimum atomic E-state index is -0.125. The Morgan fingerprint density at radius 1 is 1.39 bits per heavy atom. The van der Waals surface area contributed by atoms with Gasteiger partial charge in [-0.1, -0.05) is 0 Å². The van der Waals surface area contributed by atoms with Crippen LogP contribution in [0.5, 0.6) is 0 Å². The smallest absolute Gasteiger partial charge is 0.244 e. The molecule has 2 amide bonds. The molecule has 2 N–H and O–H groups in total. The predicted octanol–water partition coefficient (Wildman–Crippen LogP) is 2.17. The lowest BCUT2D eigenvalue weighted by Crippen LogP contribution is -2.27. The Bertz CT molecular complexity index is 443. The maximum Gasteiger partial charge on any atom is 0.244 e. The van der Waals surface area contributed by atoms with Crippen LogP contribution in [0.1, 0.15) is 18.9 Å². The molecule has 0 radical (unpaired) electrons. The van der Waals surface area contributed by atoms with Crippen LogP contribution in [-0.4, -0.2) is 24.9 Å². The number of amides is 2. The van der Waals surface area contributed by atoms with Crippen molar-refractivity contribution in [3.8, 4) is 0 Å². The summed E-state index contributed by atoms with van der Waals surface area (Å²) in [6.45, 7) is 2.61. The van der Waals surface area contributed by atoms with E-state index >= 15 is 0 Å². The van der Waals surface area contributed by atoms with Crippen molar-refractivity contribution in [1.82, 2.24) is 10.6 Å². The summed E-state index contributed by atoms with van der Waals surface area (Å²) in [7, 11) is 0. The van der Waals surface area contributed by atoms with Crippen LogP contribution < -0.4 is 10.6 Å². The van der Waals surface area contributed by atoms with Crippen molar-refractivity contribution in [2.45, 2.75) is 13.3 Å². The number of nitrogens with one attached hydrogen (secondary N) is 2. The zero-order valence-corrected chi connectivity index (χ0v) is 12.4. The monoisotopic (exact) mass is 330 g/mol. The van der Waals surface area contributed by atoms with E-state index in [1.54, 1.807) is 17.4 Å². The number of hydrogen-bond donors (Lipinski definition) is 2. The first-order valence-corrected chi connectivity index (χ1v) is 7.19. The Morgan fingerprint density at radius 3 is 2.72 bits per heavy atom. The topological polar surface area (TPSA) is 58.2 Å². The summed E-state index contributed by atoms with van der Waals surface area (Å²) < 4.78 is 1.04. The van der Waals surface area contributed by atoms with E-state index in [1.165, 1.54) is 13.0 Å². The highest BCUT2D eigenvalue weighted by atomic mass is 79.9. The molecule has 4 nitrogen and oxygen atoms in total. The number of carbonyl (C=O) groups is 2. The van der Waals surface area contributed by atoms with Gasteiger partial charge in [0.15, 0.2) is 0 Å². The fourth-order valence-corrected chi connectivity index (χ4v) is 2.35. The Hall–Kier alpha value is -1.14. The normalized spacial score (nSPS) is 10.6. The molecule has 0 aliphatic carbocycles. The van der Waals surface area contributed by atoms with Gasteiger partial charge in [-0.2, -0.15) is 0 Å². The molecular formula is C12H15BrN2O2S. The van der Waals surface area contributed by atoms with Crippen LogP contribution in [0.3, 0.4) is 0 Å². The van der Waals surface area contributed by atoms with Gasteiger partial charge in [-0.05, 0) is 45.4 Å². The maximum atomic E-state index is 11.4. The van der Waals surface area contributed by atoms with E-state index in [-0.39, 0.29) is 11.8 Å². The van der Waals surface area contributed by atoms with Crippen molar-refractivity contribution in [3.05, 3.63) is 26.9 Å². The molecule has 0 fully saturated rings. The molecule has 1 aromatic rings. The second-order valence-corrected chi connectivity index (χ2v) is 5.94. The van der Waals surface area contributed by atoms with E-state index in [0.717, 1.165) is 15.8 Å². The summed E-state index contributed by atoms with van der Waals surface area (Å²) in [6.07, 6.45) is 4.00. The standard InChI is InChI=1S/C12H15BrN2O2S/c1-9(16)14-5-2-6-15-12(17)4-3-10-7-11(13)18-8-10/h3-4,7-8H,2,5-6H2,1H3,(H,14,16)(H,15,17)/b4-3+. The number of hydrogen-bond acceptors (Lipinski definition) is 3. The van der Waals surface area contributed by atoms with E-state index in [4.69, 9.17) is 0 Å². The Balaban J connectivity index is 2.17. The second-order valence-electron chi connectivity index (χ2n) is 3.65. The predicted molar refractivity (Wildman–Crippen MR) is 77.4 cm³/mol. The number of halogens is 1. The third-order valence-electron chi connectivity index (χ3n) is 2.04. The SMILES string of the molecule is CC(=O)NCCCNC(=O)/C=C/c1csc(Br)c1. The van der Waals surface area contributed by atoms with Crippen LogP contribution in [0.15, 0.2) is 21.3 Å². The van der Waals surface area contributed by atoms with Gasteiger partial charge in [-0.25, -0.2) is 0 Å². The van der Waals surface area contributed by atoms with Crippen LogP contribution in [-0.2, 0) is 9.59 Å². The molecule has 0 aliphatic rings. The lowest BCUT2D eigenvalue weighted by atomic mass is 10.3. The van der Waals surface area contributed by atoms with Crippen molar-refractivity contribution in [3.63, 3.8) is 0 Å². The van der Waals surface area contributed by atoms with Gasteiger partial charge in [0.05, 0.1) is 3.79 Å². The molecule has 0 saturated carbocycles. The van der Waals surface area contributed by atoms with Gasteiger partial charge in [-0.3, -0.25) is 9.59 Å². The number of thiophene rings is 1. The molecular weight excluding hydrogens is 316 g/mol. The molecule has 1 heterocycles. The molecule has 1 rings (SSSR count). The third kappa shape index (κ3) is 6.56. The van der Waals surface area contributed by atoms with Crippen LogP contribution in [0, 0.1) is 0 Å². The zero-order valence-electron chi connectivity index (χ0n) is 10.0. The first kappa shape index (κ1) is 14.9. The summed E-state index contributed by atoms with van der Waals surface area (Å²) in [5.41, 5.74) is 1.00. The molecule has 1 aromatic heterocycles. The molecule has 0 bridgehead atoms. The van der Waals surface area contributed by atoms with Gasteiger partial charge < -0.3 is 10.6 Å². The van der Waals surface area contributed by atoms with Crippen molar-refractivity contribution >= 4 is 45.2 Å². The maximum absolute atomic E-state index is 11.4. The van der Waals surface area contributed by atoms with Gasteiger partial charge in [0.1, 0.15) is 0 Å². The Kier molecular flexibility index (Phi) is 6.67. The summed E-state index contributed by atoms with van der Waals surface area (Å²) in [4.78, 5) is 22.0. The van der Waals surface area contributed by atoms with Crippen LogP contribution in [0.4, 0.5) is 0 Å². The molecule has 0 saturated heterocycles. The molecule has 0 atom stereocenters. The minimum absolute atomic E-state index is 0.0516. The molecule has 0 unspecified atom stereocenters. The van der Waals surface area contributed by atoms with Crippen molar-refractivity contribution in [2.24, 2.45) is 0 Å². The van der Waals surface area contributed by atoms with Gasteiger partial charge >= 0.3 is 0 Å². The van der Waals surface area contributed by atoms with Gasteiger partial charge in [0.25, 0.3) is 0 Å². The average molecular weight is 331 g/mol. The molecule has 0 spiro atoms. The molecule has 0 aliphatic heterocycles. The van der Waals surface area contributed by atoms with Gasteiger partial charge in [0.2, 0.25) is 11.8 Å². The summed E-state index contributed by atoms with van der Waals surface area (Å²) in [5.74, 6) is -0.176. The lowest BCUT2D eigenvalue weighted by Gasteiger charge is -2.02. The van der Waals surface area contributed by atoms with Crippen LogP contribution in [0.2, 0.25) is 0 Å². The molecule has 98 valence electrons. The Morgan fingerprint density at radius 2 is 2.11 bits per heavy atom. The van der Waals surface area contributed by atoms with Crippen LogP contribution in [0.25, 0.3) is 6.08 Å². The first-order valence-electron chi connectivity index (χ1n) is 5.52. The Labute approximate surface area is 119 Å². The largest absolute Gasteiger partial charge is 0.356 e. The first-order chi connectivity index (χ1) is 8.58. The zero-order chi connectivity index (χ0) is 13.4. The highest BCUT2D eigenvalue weighted by Crippen LogP contribution is 2.21. The minimum Gasteiger partial charge on any atom is -0.356 e. The summed E-state index contributed by atoms with van der Waals surface area (Å²) in [6, 6.07) is 1.95. The summed E-state index contributed by atoms with van der Waals surface area (Å²) in [5, 5.41) is 7.38. The highest BCUT2D eigenvalue weighted by molar-refractivity contribution is 9.11. The van der Waals surface area contributed by atoms with Crippen molar-refractivity contribution in [2.75, 3.05) is 13.1 Å². The van der Waals surface area contributed by atoms with E-state index < -0.39 is 0 Å². The van der Waals surface area contributed by atoms with E-state index in [1.807, 2.05) is 11.4 Å². The van der Waals surface area contributed by atoms with E-state index in [2.05, 4.69) is 26.6 Å². The molecule has 6 heteroatoms. The molecule has 18 heavy (non-hydrogen) atoms. The fourth-order valence-electron chi connectivity index (χ4n) is 1.21.